The Balaban J connectivity index is 1.73. The maximum Gasteiger partial charge on any atom is 0.238 e. The van der Waals surface area contributed by atoms with Crippen LogP contribution in [0.3, 0.4) is 0 Å². The molecular weight excluding hydrogens is 316 g/mol. The third-order valence-electron chi connectivity index (χ3n) is 3.72. The molecule has 0 bridgehead atoms. The zero-order chi connectivity index (χ0) is 18.2. The van der Waals surface area contributed by atoms with E-state index in [1.54, 1.807) is 7.11 Å². The summed E-state index contributed by atoms with van der Waals surface area (Å²) in [7, 11) is 3.52. The van der Waals surface area contributed by atoms with Crippen molar-refractivity contribution >= 4 is 11.6 Å². The number of benzene rings is 2. The summed E-state index contributed by atoms with van der Waals surface area (Å²) in [5, 5.41) is 2.87. The van der Waals surface area contributed by atoms with Crippen LogP contribution in [0.5, 0.6) is 11.5 Å². The van der Waals surface area contributed by atoms with Gasteiger partial charge >= 0.3 is 0 Å². The summed E-state index contributed by atoms with van der Waals surface area (Å²) in [6.07, 6.45) is 0. The first-order valence-corrected chi connectivity index (χ1v) is 8.30. The lowest BCUT2D eigenvalue weighted by atomic mass is 10.1. The van der Waals surface area contributed by atoms with E-state index >= 15 is 0 Å². The molecule has 0 fully saturated rings. The molecule has 5 nitrogen and oxygen atoms in total. The predicted molar refractivity (Wildman–Crippen MR) is 101 cm³/mol. The number of carbonyl (C=O) groups is 1. The van der Waals surface area contributed by atoms with Gasteiger partial charge in [0.25, 0.3) is 0 Å². The molecule has 0 aliphatic rings. The van der Waals surface area contributed by atoms with Crippen molar-refractivity contribution in [1.29, 1.82) is 0 Å². The second-order valence-electron chi connectivity index (χ2n) is 6.19. The Morgan fingerprint density at radius 1 is 1.04 bits per heavy atom. The highest BCUT2D eigenvalue weighted by Crippen LogP contribution is 2.16. The van der Waals surface area contributed by atoms with Gasteiger partial charge < -0.3 is 14.8 Å². The molecule has 1 amide bonds. The van der Waals surface area contributed by atoms with Crippen molar-refractivity contribution in [2.75, 3.05) is 39.2 Å². The van der Waals surface area contributed by atoms with Crippen LogP contribution in [0.2, 0.25) is 0 Å². The summed E-state index contributed by atoms with van der Waals surface area (Å²) in [6, 6.07) is 13.4. The molecule has 0 unspecified atom stereocenters. The normalized spacial score (nSPS) is 10.6. The van der Waals surface area contributed by atoms with E-state index in [1.807, 2.05) is 48.3 Å². The van der Waals surface area contributed by atoms with Gasteiger partial charge in [-0.3, -0.25) is 9.69 Å². The first kappa shape index (κ1) is 18.8. The Kier molecular flexibility index (Phi) is 6.83. The number of likely N-dealkylation sites (N-methyl/N-ethyl adjacent to an activating group) is 1. The maximum absolute atomic E-state index is 12.1. The van der Waals surface area contributed by atoms with Crippen LogP contribution >= 0.6 is 0 Å². The van der Waals surface area contributed by atoms with Gasteiger partial charge in [-0.2, -0.15) is 0 Å². The lowest BCUT2D eigenvalue weighted by Crippen LogP contribution is -2.33. The lowest BCUT2D eigenvalue weighted by Gasteiger charge is -2.17. The lowest BCUT2D eigenvalue weighted by molar-refractivity contribution is -0.117. The number of anilines is 1. The fourth-order valence-electron chi connectivity index (χ4n) is 2.53. The highest BCUT2D eigenvalue weighted by atomic mass is 16.5. The van der Waals surface area contributed by atoms with E-state index in [4.69, 9.17) is 9.47 Å². The van der Waals surface area contributed by atoms with Crippen LogP contribution < -0.4 is 14.8 Å². The van der Waals surface area contributed by atoms with Crippen molar-refractivity contribution in [3.63, 3.8) is 0 Å². The number of aryl methyl sites for hydroxylation is 2. The molecule has 0 heterocycles. The highest BCUT2D eigenvalue weighted by molar-refractivity contribution is 5.92. The average Bonchev–Trinajstić information content (AvgIpc) is 2.54. The van der Waals surface area contributed by atoms with Crippen molar-refractivity contribution < 1.29 is 14.3 Å². The van der Waals surface area contributed by atoms with Crippen LogP contribution in [-0.2, 0) is 4.79 Å². The number of hydrogen-bond acceptors (Lipinski definition) is 4. The van der Waals surface area contributed by atoms with Crippen molar-refractivity contribution in [3.8, 4) is 11.5 Å². The molecule has 1 N–H and O–H groups in total. The molecule has 134 valence electrons. The number of hydrogen-bond donors (Lipinski definition) is 1. The zero-order valence-electron chi connectivity index (χ0n) is 15.3. The Bertz CT molecular complexity index is 678. The van der Waals surface area contributed by atoms with E-state index < -0.39 is 0 Å². The number of nitrogens with zero attached hydrogens (tertiary/aromatic N) is 1. The summed E-state index contributed by atoms with van der Waals surface area (Å²) in [5.41, 5.74) is 3.12. The quantitative estimate of drug-likeness (QED) is 0.800. The van der Waals surface area contributed by atoms with Crippen LogP contribution in [0, 0.1) is 13.8 Å². The molecule has 0 aliphatic heterocycles. The molecule has 2 aromatic carbocycles. The van der Waals surface area contributed by atoms with E-state index in [0.29, 0.717) is 19.7 Å². The number of methoxy groups -OCH3 is 1. The SMILES string of the molecule is COc1ccc(NC(=O)CN(C)CCOc2cc(C)cc(C)c2)cc1. The van der Waals surface area contributed by atoms with Crippen molar-refractivity contribution in [3.05, 3.63) is 53.6 Å². The molecule has 25 heavy (non-hydrogen) atoms. The smallest absolute Gasteiger partial charge is 0.238 e. The van der Waals surface area contributed by atoms with Gasteiger partial charge in [0.2, 0.25) is 5.91 Å². The summed E-state index contributed by atoms with van der Waals surface area (Å²) in [6.45, 7) is 5.62. The number of carbonyl (C=O) groups excluding carboxylic acids is 1. The minimum atomic E-state index is -0.0564. The van der Waals surface area contributed by atoms with Crippen molar-refractivity contribution in [1.82, 2.24) is 4.90 Å². The first-order valence-electron chi connectivity index (χ1n) is 8.30. The second-order valence-corrected chi connectivity index (χ2v) is 6.19. The molecule has 0 radical (unpaired) electrons. The minimum absolute atomic E-state index is 0.0564. The third kappa shape index (κ3) is 6.47. The van der Waals surface area contributed by atoms with E-state index in [-0.39, 0.29) is 5.91 Å². The molecule has 0 saturated carbocycles. The van der Waals surface area contributed by atoms with Gasteiger partial charge in [-0.05, 0) is 68.4 Å². The Morgan fingerprint density at radius 2 is 1.68 bits per heavy atom. The van der Waals surface area contributed by atoms with Gasteiger partial charge in [-0.15, -0.1) is 0 Å². The molecular formula is C20H26N2O3. The molecule has 2 aromatic rings. The van der Waals surface area contributed by atoms with E-state index in [0.717, 1.165) is 17.2 Å². The fraction of sp³-hybridized carbons (Fsp3) is 0.350. The van der Waals surface area contributed by atoms with Gasteiger partial charge in [-0.25, -0.2) is 0 Å². The van der Waals surface area contributed by atoms with Gasteiger partial charge in [0.05, 0.1) is 13.7 Å². The summed E-state index contributed by atoms with van der Waals surface area (Å²) >= 11 is 0. The first-order chi connectivity index (χ1) is 12.0. The van der Waals surface area contributed by atoms with Crippen LogP contribution in [-0.4, -0.2) is 44.7 Å². The van der Waals surface area contributed by atoms with Crippen molar-refractivity contribution in [2.24, 2.45) is 0 Å². The fourth-order valence-corrected chi connectivity index (χ4v) is 2.53. The zero-order valence-corrected chi connectivity index (χ0v) is 15.3. The molecule has 0 aromatic heterocycles. The summed E-state index contributed by atoms with van der Waals surface area (Å²) in [5.74, 6) is 1.58. The molecule has 5 heteroatoms. The average molecular weight is 342 g/mol. The van der Waals surface area contributed by atoms with Crippen LogP contribution in [0.25, 0.3) is 0 Å². The number of rotatable bonds is 8. The van der Waals surface area contributed by atoms with Crippen LogP contribution in [0.15, 0.2) is 42.5 Å². The Labute approximate surface area is 149 Å². The third-order valence-corrected chi connectivity index (χ3v) is 3.72. The standard InChI is InChI=1S/C20H26N2O3/c1-15-11-16(2)13-19(12-15)25-10-9-22(3)14-20(23)21-17-5-7-18(24-4)8-6-17/h5-8,11-13H,9-10,14H2,1-4H3,(H,21,23). The van der Waals surface area contributed by atoms with Crippen LogP contribution in [0.1, 0.15) is 11.1 Å². The largest absolute Gasteiger partial charge is 0.497 e. The van der Waals surface area contributed by atoms with E-state index in [2.05, 4.69) is 25.2 Å². The van der Waals surface area contributed by atoms with Crippen LogP contribution in [0.4, 0.5) is 5.69 Å². The highest BCUT2D eigenvalue weighted by Gasteiger charge is 2.07. The van der Waals surface area contributed by atoms with Gasteiger partial charge in [-0.1, -0.05) is 6.07 Å². The van der Waals surface area contributed by atoms with Gasteiger partial charge in [0.15, 0.2) is 0 Å². The molecule has 0 spiro atoms. The molecule has 0 saturated heterocycles. The topological polar surface area (TPSA) is 50.8 Å². The monoisotopic (exact) mass is 342 g/mol. The number of amides is 1. The molecule has 0 aliphatic carbocycles. The molecule has 2 rings (SSSR count). The summed E-state index contributed by atoms with van der Waals surface area (Å²) in [4.78, 5) is 14.0. The minimum Gasteiger partial charge on any atom is -0.497 e. The van der Waals surface area contributed by atoms with Gasteiger partial charge in [0.1, 0.15) is 18.1 Å². The summed E-state index contributed by atoms with van der Waals surface area (Å²) < 4.78 is 10.9. The number of ether oxygens (including phenoxy) is 2. The predicted octanol–water partition coefficient (Wildman–Crippen LogP) is 3.26. The Hall–Kier alpha value is -2.53. The van der Waals surface area contributed by atoms with E-state index in [1.165, 1.54) is 11.1 Å². The number of nitrogens with one attached hydrogen (secondary N) is 1. The second kappa shape index (κ2) is 9.08. The Morgan fingerprint density at radius 3 is 2.28 bits per heavy atom. The van der Waals surface area contributed by atoms with E-state index in [9.17, 15) is 4.79 Å². The van der Waals surface area contributed by atoms with Crippen molar-refractivity contribution in [2.45, 2.75) is 13.8 Å². The maximum atomic E-state index is 12.1. The van der Waals surface area contributed by atoms with Gasteiger partial charge in [0, 0.05) is 12.2 Å². The molecule has 0 atom stereocenters.